The number of para-hydroxylation sites is 1. The molecule has 0 aliphatic carbocycles. The number of rotatable bonds is 6. The number of ether oxygens (including phenoxy) is 3. The van der Waals surface area contributed by atoms with E-state index in [1.807, 2.05) is 58.0 Å². The third kappa shape index (κ3) is 5.20. The Bertz CT molecular complexity index is 1070. The maximum absolute atomic E-state index is 12.2. The predicted octanol–water partition coefficient (Wildman–Crippen LogP) is 4.99. The van der Waals surface area contributed by atoms with Crippen molar-refractivity contribution in [2.75, 3.05) is 7.11 Å². The summed E-state index contributed by atoms with van der Waals surface area (Å²) in [6.45, 7) is 7.57. The highest BCUT2D eigenvalue weighted by Crippen LogP contribution is 2.27. The number of hydrogen-bond donors (Lipinski definition) is 0. The van der Waals surface area contributed by atoms with Gasteiger partial charge in [0.25, 0.3) is 0 Å². The molecule has 3 rings (SSSR count). The molecule has 0 fully saturated rings. The zero-order valence-electron chi connectivity index (χ0n) is 17.9. The fraction of sp³-hybridized carbons (Fsp3) is 0.333. The second-order valence-electron chi connectivity index (χ2n) is 8.08. The Hall–Kier alpha value is -3.28. The number of fused-ring (bicyclic) bond motifs is 1. The molecule has 0 aliphatic rings. The van der Waals surface area contributed by atoms with Crippen LogP contribution < -0.4 is 4.74 Å². The number of carbonyl (C=O) groups is 2. The van der Waals surface area contributed by atoms with E-state index in [9.17, 15) is 9.59 Å². The molecule has 2 aromatic carbocycles. The molecule has 0 saturated carbocycles. The van der Waals surface area contributed by atoms with Crippen molar-refractivity contribution in [1.82, 2.24) is 0 Å². The largest absolute Gasteiger partial charge is 0.485 e. The van der Waals surface area contributed by atoms with Crippen molar-refractivity contribution in [1.29, 1.82) is 0 Å². The van der Waals surface area contributed by atoms with Crippen LogP contribution in [0.15, 0.2) is 46.9 Å². The smallest absolute Gasteiger partial charge is 0.337 e. The maximum Gasteiger partial charge on any atom is 0.337 e. The lowest BCUT2D eigenvalue weighted by molar-refractivity contribution is -0.153. The Morgan fingerprint density at radius 3 is 2.50 bits per heavy atom. The topological polar surface area (TPSA) is 75.0 Å². The molecule has 0 spiro atoms. The molecule has 30 heavy (non-hydrogen) atoms. The third-order valence-electron chi connectivity index (χ3n) is 4.37. The number of hydrogen-bond acceptors (Lipinski definition) is 6. The monoisotopic (exact) mass is 410 g/mol. The third-order valence-corrected chi connectivity index (χ3v) is 4.37. The summed E-state index contributed by atoms with van der Waals surface area (Å²) in [4.78, 5) is 24.0. The number of benzene rings is 2. The maximum atomic E-state index is 12.2. The van der Waals surface area contributed by atoms with Crippen LogP contribution >= 0.6 is 0 Å². The molecular weight excluding hydrogens is 384 g/mol. The van der Waals surface area contributed by atoms with Crippen LogP contribution in [0.2, 0.25) is 0 Å². The van der Waals surface area contributed by atoms with Crippen molar-refractivity contribution in [2.24, 2.45) is 0 Å². The molecule has 0 amide bonds. The lowest BCUT2D eigenvalue weighted by Gasteiger charge is -2.20. The van der Waals surface area contributed by atoms with Crippen molar-refractivity contribution in [3.8, 4) is 5.75 Å². The molecule has 0 unspecified atom stereocenters. The van der Waals surface area contributed by atoms with Gasteiger partial charge in [0.05, 0.1) is 19.1 Å². The fourth-order valence-electron chi connectivity index (χ4n) is 3.16. The molecule has 6 nitrogen and oxygen atoms in total. The molecule has 1 heterocycles. The Balaban J connectivity index is 1.76. The highest BCUT2D eigenvalue weighted by atomic mass is 16.6. The standard InChI is InChI=1S/C24H26O6/c1-15-10-18(23(26)27-5)11-17-12-19(29-22(15)17)14-28-20-9-7-6-8-16(20)13-21(25)30-24(2,3)4/h6-12H,13-14H2,1-5H3. The first-order valence-electron chi connectivity index (χ1n) is 9.70. The van der Waals surface area contributed by atoms with Crippen molar-refractivity contribution in [3.05, 3.63) is 64.9 Å². The first-order chi connectivity index (χ1) is 14.2. The van der Waals surface area contributed by atoms with Crippen LogP contribution in [0.1, 0.15) is 48.0 Å². The summed E-state index contributed by atoms with van der Waals surface area (Å²) in [7, 11) is 1.35. The summed E-state index contributed by atoms with van der Waals surface area (Å²) in [6.07, 6.45) is 0.120. The second kappa shape index (κ2) is 8.61. The van der Waals surface area contributed by atoms with Crippen molar-refractivity contribution in [2.45, 2.75) is 46.3 Å². The van der Waals surface area contributed by atoms with Crippen LogP contribution in [0.5, 0.6) is 5.75 Å². The zero-order valence-corrected chi connectivity index (χ0v) is 17.9. The van der Waals surface area contributed by atoms with E-state index in [2.05, 4.69) is 0 Å². The lowest BCUT2D eigenvalue weighted by Crippen LogP contribution is -2.25. The number of furan rings is 1. The van der Waals surface area contributed by atoms with Crippen LogP contribution in [0.3, 0.4) is 0 Å². The van der Waals surface area contributed by atoms with Gasteiger partial charge in [-0.3, -0.25) is 4.79 Å². The fourth-order valence-corrected chi connectivity index (χ4v) is 3.16. The normalized spacial score (nSPS) is 11.4. The Kier molecular flexibility index (Phi) is 6.15. The Labute approximate surface area is 175 Å². The average molecular weight is 410 g/mol. The van der Waals surface area contributed by atoms with Crippen LogP contribution in [0.25, 0.3) is 11.0 Å². The van der Waals surface area contributed by atoms with Gasteiger partial charge in [0.1, 0.15) is 29.3 Å². The summed E-state index contributed by atoms with van der Waals surface area (Å²) in [5.74, 6) is 0.501. The zero-order chi connectivity index (χ0) is 21.9. The summed E-state index contributed by atoms with van der Waals surface area (Å²) in [5.41, 5.74) is 2.21. The molecule has 0 bridgehead atoms. The van der Waals surface area contributed by atoms with Gasteiger partial charge in [-0.05, 0) is 57.5 Å². The lowest BCUT2D eigenvalue weighted by atomic mass is 10.1. The van der Waals surface area contributed by atoms with E-state index >= 15 is 0 Å². The Morgan fingerprint density at radius 2 is 1.80 bits per heavy atom. The van der Waals surface area contributed by atoms with E-state index < -0.39 is 11.6 Å². The molecule has 0 aliphatic heterocycles. The molecule has 0 atom stereocenters. The molecule has 158 valence electrons. The van der Waals surface area contributed by atoms with Gasteiger partial charge in [0.2, 0.25) is 0 Å². The van der Waals surface area contributed by atoms with Crippen LogP contribution in [0.4, 0.5) is 0 Å². The van der Waals surface area contributed by atoms with Crippen molar-refractivity contribution < 1.29 is 28.2 Å². The van der Waals surface area contributed by atoms with Crippen LogP contribution in [-0.2, 0) is 27.3 Å². The van der Waals surface area contributed by atoms with E-state index in [1.54, 1.807) is 12.1 Å². The first kappa shape index (κ1) is 21.4. The van der Waals surface area contributed by atoms with Crippen LogP contribution in [0, 0.1) is 6.92 Å². The van der Waals surface area contributed by atoms with Gasteiger partial charge in [-0.25, -0.2) is 4.79 Å². The summed E-state index contributed by atoms with van der Waals surface area (Å²) in [6, 6.07) is 12.7. The number of aryl methyl sites for hydroxylation is 1. The SMILES string of the molecule is COC(=O)c1cc(C)c2oc(COc3ccccc3CC(=O)OC(C)(C)C)cc2c1. The van der Waals surface area contributed by atoms with E-state index in [0.717, 1.165) is 16.5 Å². The van der Waals surface area contributed by atoms with Gasteiger partial charge >= 0.3 is 11.9 Å². The average Bonchev–Trinajstić information content (AvgIpc) is 3.08. The predicted molar refractivity (Wildman–Crippen MR) is 113 cm³/mol. The molecule has 0 N–H and O–H groups in total. The summed E-state index contributed by atoms with van der Waals surface area (Å²) in [5, 5.41) is 0.802. The minimum absolute atomic E-state index is 0.120. The first-order valence-corrected chi connectivity index (χ1v) is 9.70. The quantitative estimate of drug-likeness (QED) is 0.533. The van der Waals surface area contributed by atoms with Gasteiger partial charge in [0.15, 0.2) is 0 Å². The summed E-state index contributed by atoms with van der Waals surface area (Å²) < 4.78 is 22.0. The molecule has 0 radical (unpaired) electrons. The number of methoxy groups -OCH3 is 1. The minimum atomic E-state index is -0.540. The number of carbonyl (C=O) groups excluding carboxylic acids is 2. The minimum Gasteiger partial charge on any atom is -0.485 e. The van der Waals surface area contributed by atoms with Crippen molar-refractivity contribution in [3.63, 3.8) is 0 Å². The van der Waals surface area contributed by atoms with E-state index in [0.29, 0.717) is 22.7 Å². The van der Waals surface area contributed by atoms with Crippen LogP contribution in [-0.4, -0.2) is 24.6 Å². The summed E-state index contributed by atoms with van der Waals surface area (Å²) >= 11 is 0. The highest BCUT2D eigenvalue weighted by molar-refractivity contribution is 5.95. The molecule has 3 aromatic rings. The van der Waals surface area contributed by atoms with Gasteiger partial charge < -0.3 is 18.6 Å². The van der Waals surface area contributed by atoms with E-state index in [-0.39, 0.29) is 19.0 Å². The molecule has 6 heteroatoms. The number of esters is 2. The molecular formula is C24H26O6. The van der Waals surface area contributed by atoms with Gasteiger partial charge in [-0.1, -0.05) is 18.2 Å². The van der Waals surface area contributed by atoms with Gasteiger partial charge in [0, 0.05) is 10.9 Å². The second-order valence-corrected chi connectivity index (χ2v) is 8.08. The van der Waals surface area contributed by atoms with Gasteiger partial charge in [-0.15, -0.1) is 0 Å². The molecule has 1 aromatic heterocycles. The molecule has 0 saturated heterocycles. The highest BCUT2D eigenvalue weighted by Gasteiger charge is 2.18. The van der Waals surface area contributed by atoms with E-state index in [4.69, 9.17) is 18.6 Å². The van der Waals surface area contributed by atoms with E-state index in [1.165, 1.54) is 7.11 Å². The van der Waals surface area contributed by atoms with Gasteiger partial charge in [-0.2, -0.15) is 0 Å². The van der Waals surface area contributed by atoms with Crippen molar-refractivity contribution >= 4 is 22.9 Å². The Morgan fingerprint density at radius 1 is 1.07 bits per heavy atom.